The Hall–Kier alpha value is -2.21. The molecule has 124 valence electrons. The van der Waals surface area contributed by atoms with Crippen molar-refractivity contribution in [3.63, 3.8) is 0 Å². The molecule has 0 spiro atoms. The van der Waals surface area contributed by atoms with Crippen molar-refractivity contribution in [2.45, 2.75) is 13.0 Å². The highest BCUT2D eigenvalue weighted by Crippen LogP contribution is 2.25. The van der Waals surface area contributed by atoms with Gasteiger partial charge < -0.3 is 10.2 Å². The number of benzene rings is 2. The lowest BCUT2D eigenvalue weighted by Crippen LogP contribution is -2.36. The number of rotatable bonds is 4. The monoisotopic (exact) mass is 390 g/mol. The van der Waals surface area contributed by atoms with Crippen molar-refractivity contribution in [3.8, 4) is 0 Å². The maximum absolute atomic E-state index is 13.0. The second-order valence-electron chi connectivity index (χ2n) is 5.66. The Balaban J connectivity index is 1.62. The molecule has 2 aromatic rings. The van der Waals surface area contributed by atoms with Crippen LogP contribution in [0.15, 0.2) is 53.0 Å². The highest BCUT2D eigenvalue weighted by atomic mass is 79.9. The quantitative estimate of drug-likeness (QED) is 0.814. The summed E-state index contributed by atoms with van der Waals surface area (Å²) >= 11 is 3.38. The van der Waals surface area contributed by atoms with Gasteiger partial charge in [-0.1, -0.05) is 28.1 Å². The summed E-state index contributed by atoms with van der Waals surface area (Å²) in [5, 5.41) is 2.81. The van der Waals surface area contributed by atoms with Crippen molar-refractivity contribution in [2.75, 3.05) is 11.4 Å². The van der Waals surface area contributed by atoms with E-state index in [9.17, 15) is 14.0 Å². The topological polar surface area (TPSA) is 49.4 Å². The molecule has 1 atom stereocenters. The van der Waals surface area contributed by atoms with E-state index in [4.69, 9.17) is 0 Å². The molecule has 2 amide bonds. The van der Waals surface area contributed by atoms with E-state index >= 15 is 0 Å². The molecule has 4 nitrogen and oxygen atoms in total. The van der Waals surface area contributed by atoms with E-state index in [1.165, 1.54) is 17.0 Å². The minimum Gasteiger partial charge on any atom is -0.351 e. The zero-order chi connectivity index (χ0) is 17.1. The standard InChI is InChI=1S/C18H16BrFN2O2/c19-13-3-1-2-12(10-13)11-21-17(23)16-8-9-22(18(16)24)15-6-4-14(20)5-7-15/h1-7,10,16H,8-9,11H2,(H,21,23)/t16-/m1/s1. The zero-order valence-electron chi connectivity index (χ0n) is 12.8. The Kier molecular flexibility index (Phi) is 4.94. The van der Waals surface area contributed by atoms with Gasteiger partial charge in [-0.3, -0.25) is 9.59 Å². The number of halogens is 2. The van der Waals surface area contributed by atoms with Gasteiger partial charge in [-0.15, -0.1) is 0 Å². The van der Waals surface area contributed by atoms with Crippen molar-refractivity contribution >= 4 is 33.4 Å². The first-order chi connectivity index (χ1) is 11.5. The van der Waals surface area contributed by atoms with E-state index < -0.39 is 5.92 Å². The number of hydrogen-bond donors (Lipinski definition) is 1. The Morgan fingerprint density at radius 3 is 2.71 bits per heavy atom. The fourth-order valence-electron chi connectivity index (χ4n) is 2.76. The van der Waals surface area contributed by atoms with Crippen LogP contribution in [0, 0.1) is 11.7 Å². The number of hydrogen-bond acceptors (Lipinski definition) is 2. The normalized spacial score (nSPS) is 17.2. The van der Waals surface area contributed by atoms with Gasteiger partial charge in [-0.2, -0.15) is 0 Å². The molecule has 1 aliphatic rings. The summed E-state index contributed by atoms with van der Waals surface area (Å²) in [5.74, 6) is -1.56. The van der Waals surface area contributed by atoms with Crippen LogP contribution in [0.4, 0.5) is 10.1 Å². The summed E-state index contributed by atoms with van der Waals surface area (Å²) in [5.41, 5.74) is 1.57. The molecule has 1 heterocycles. The summed E-state index contributed by atoms with van der Waals surface area (Å²) in [4.78, 5) is 26.3. The van der Waals surface area contributed by atoms with Crippen molar-refractivity contribution in [2.24, 2.45) is 5.92 Å². The fourth-order valence-corrected chi connectivity index (χ4v) is 3.21. The smallest absolute Gasteiger partial charge is 0.239 e. The second-order valence-corrected chi connectivity index (χ2v) is 6.57. The molecule has 1 N–H and O–H groups in total. The third kappa shape index (κ3) is 3.64. The van der Waals surface area contributed by atoms with Gasteiger partial charge in [0.25, 0.3) is 0 Å². The van der Waals surface area contributed by atoms with Crippen LogP contribution in [-0.4, -0.2) is 18.4 Å². The summed E-state index contributed by atoms with van der Waals surface area (Å²) in [6.07, 6.45) is 0.459. The maximum atomic E-state index is 13.0. The molecule has 3 rings (SSSR count). The molecular formula is C18H16BrFN2O2. The number of nitrogens with zero attached hydrogens (tertiary/aromatic N) is 1. The molecule has 1 saturated heterocycles. The van der Waals surface area contributed by atoms with Gasteiger partial charge in [0.05, 0.1) is 0 Å². The van der Waals surface area contributed by atoms with Crippen molar-refractivity contribution < 1.29 is 14.0 Å². The molecule has 0 aliphatic carbocycles. The van der Waals surface area contributed by atoms with Crippen LogP contribution in [0.2, 0.25) is 0 Å². The third-order valence-corrected chi connectivity index (χ3v) is 4.51. The minimum atomic E-state index is -0.692. The van der Waals surface area contributed by atoms with Gasteiger partial charge in [0.15, 0.2) is 0 Å². The molecule has 1 aliphatic heterocycles. The number of carbonyl (C=O) groups is 2. The molecular weight excluding hydrogens is 375 g/mol. The van der Waals surface area contributed by atoms with Gasteiger partial charge in [0.1, 0.15) is 11.7 Å². The Bertz CT molecular complexity index is 764. The van der Waals surface area contributed by atoms with Crippen LogP contribution >= 0.6 is 15.9 Å². The lowest BCUT2D eigenvalue weighted by molar-refractivity contribution is -0.132. The van der Waals surface area contributed by atoms with Crippen molar-refractivity contribution in [1.82, 2.24) is 5.32 Å². The van der Waals surface area contributed by atoms with Crippen LogP contribution in [0.1, 0.15) is 12.0 Å². The van der Waals surface area contributed by atoms with Gasteiger partial charge in [-0.25, -0.2) is 4.39 Å². The first kappa shape index (κ1) is 16.6. The zero-order valence-corrected chi connectivity index (χ0v) is 14.4. The first-order valence-electron chi connectivity index (χ1n) is 7.64. The Morgan fingerprint density at radius 1 is 1.25 bits per heavy atom. The van der Waals surface area contributed by atoms with Crippen LogP contribution in [0.3, 0.4) is 0 Å². The average molecular weight is 391 g/mol. The second kappa shape index (κ2) is 7.13. The number of nitrogens with one attached hydrogen (secondary N) is 1. The number of carbonyl (C=O) groups excluding carboxylic acids is 2. The lowest BCUT2D eigenvalue weighted by Gasteiger charge is -2.16. The molecule has 2 aromatic carbocycles. The van der Waals surface area contributed by atoms with Crippen LogP contribution < -0.4 is 10.2 Å². The summed E-state index contributed by atoms with van der Waals surface area (Å²) in [7, 11) is 0. The van der Waals surface area contributed by atoms with Crippen molar-refractivity contribution in [1.29, 1.82) is 0 Å². The summed E-state index contributed by atoms with van der Waals surface area (Å²) < 4.78 is 13.9. The van der Waals surface area contributed by atoms with Crippen LogP contribution in [-0.2, 0) is 16.1 Å². The highest BCUT2D eigenvalue weighted by Gasteiger charge is 2.37. The van der Waals surface area contributed by atoms with E-state index in [0.717, 1.165) is 10.0 Å². The van der Waals surface area contributed by atoms with Crippen LogP contribution in [0.5, 0.6) is 0 Å². The molecule has 0 bridgehead atoms. The van der Waals surface area contributed by atoms with Gasteiger partial charge >= 0.3 is 0 Å². The van der Waals surface area contributed by atoms with Gasteiger partial charge in [-0.05, 0) is 48.4 Å². The fraction of sp³-hybridized carbons (Fsp3) is 0.222. The predicted octanol–water partition coefficient (Wildman–Crippen LogP) is 3.26. The van der Waals surface area contributed by atoms with Crippen molar-refractivity contribution in [3.05, 3.63) is 64.4 Å². The van der Waals surface area contributed by atoms with Gasteiger partial charge in [0, 0.05) is 23.2 Å². The Labute approximate surface area is 147 Å². The average Bonchev–Trinajstić information content (AvgIpc) is 2.95. The highest BCUT2D eigenvalue weighted by molar-refractivity contribution is 9.10. The molecule has 0 saturated carbocycles. The molecule has 0 radical (unpaired) electrons. The summed E-state index contributed by atoms with van der Waals surface area (Å²) in [6.45, 7) is 0.831. The molecule has 0 unspecified atom stereocenters. The number of anilines is 1. The van der Waals surface area contributed by atoms with E-state index in [1.807, 2.05) is 24.3 Å². The molecule has 0 aromatic heterocycles. The number of amides is 2. The lowest BCUT2D eigenvalue weighted by atomic mass is 10.1. The molecule has 1 fully saturated rings. The third-order valence-electron chi connectivity index (χ3n) is 4.02. The SMILES string of the molecule is O=C(NCc1cccc(Br)c1)[C@H]1CCN(c2ccc(F)cc2)C1=O. The summed E-state index contributed by atoms with van der Waals surface area (Å²) in [6, 6.07) is 13.3. The largest absolute Gasteiger partial charge is 0.351 e. The van der Waals surface area contributed by atoms with E-state index in [0.29, 0.717) is 25.2 Å². The molecule has 6 heteroatoms. The van der Waals surface area contributed by atoms with E-state index in [2.05, 4.69) is 21.2 Å². The van der Waals surface area contributed by atoms with Gasteiger partial charge in [0.2, 0.25) is 11.8 Å². The maximum Gasteiger partial charge on any atom is 0.239 e. The van der Waals surface area contributed by atoms with E-state index in [-0.39, 0.29) is 17.6 Å². The minimum absolute atomic E-state index is 0.242. The molecule has 24 heavy (non-hydrogen) atoms. The Morgan fingerprint density at radius 2 is 2.00 bits per heavy atom. The van der Waals surface area contributed by atoms with E-state index in [1.54, 1.807) is 12.1 Å². The van der Waals surface area contributed by atoms with Crippen LogP contribution in [0.25, 0.3) is 0 Å². The predicted molar refractivity (Wildman–Crippen MR) is 92.8 cm³/mol. The first-order valence-corrected chi connectivity index (χ1v) is 8.43.